The standard InChI is InChI=1S/C11H13Cl2NO/c1-8(15)4-5-14-7-9-2-3-10(12)11(13)6-9/h2-3,6,14H,4-5,7H2,1H3. The minimum absolute atomic E-state index is 0.191. The van der Waals surface area contributed by atoms with Crippen LogP contribution in [0.3, 0.4) is 0 Å². The summed E-state index contributed by atoms with van der Waals surface area (Å²) in [6.07, 6.45) is 0.557. The van der Waals surface area contributed by atoms with Crippen molar-refractivity contribution in [1.29, 1.82) is 0 Å². The van der Waals surface area contributed by atoms with E-state index < -0.39 is 0 Å². The lowest BCUT2D eigenvalue weighted by Gasteiger charge is -2.04. The van der Waals surface area contributed by atoms with Gasteiger partial charge in [-0.3, -0.25) is 4.79 Å². The van der Waals surface area contributed by atoms with Gasteiger partial charge in [0.05, 0.1) is 10.0 Å². The summed E-state index contributed by atoms with van der Waals surface area (Å²) in [5.41, 5.74) is 1.06. The highest BCUT2D eigenvalue weighted by atomic mass is 35.5. The van der Waals surface area contributed by atoms with E-state index in [1.165, 1.54) is 0 Å². The highest BCUT2D eigenvalue weighted by Crippen LogP contribution is 2.22. The number of Topliss-reactive ketones (excluding diaryl/α,β-unsaturated/α-hetero) is 1. The van der Waals surface area contributed by atoms with E-state index >= 15 is 0 Å². The molecule has 1 N–H and O–H groups in total. The van der Waals surface area contributed by atoms with Gasteiger partial charge in [0.25, 0.3) is 0 Å². The van der Waals surface area contributed by atoms with Crippen LogP contribution >= 0.6 is 23.2 Å². The Bertz CT molecular complexity index is 352. The third kappa shape index (κ3) is 4.65. The summed E-state index contributed by atoms with van der Waals surface area (Å²) in [5.74, 6) is 0.191. The van der Waals surface area contributed by atoms with Crippen molar-refractivity contribution in [1.82, 2.24) is 5.32 Å². The summed E-state index contributed by atoms with van der Waals surface area (Å²) in [6, 6.07) is 5.51. The van der Waals surface area contributed by atoms with Gasteiger partial charge in [0.2, 0.25) is 0 Å². The van der Waals surface area contributed by atoms with Gasteiger partial charge >= 0.3 is 0 Å². The summed E-state index contributed by atoms with van der Waals surface area (Å²) >= 11 is 11.6. The zero-order valence-corrected chi connectivity index (χ0v) is 10.0. The molecule has 0 aliphatic heterocycles. The van der Waals surface area contributed by atoms with Crippen LogP contribution in [0.25, 0.3) is 0 Å². The Hall–Kier alpha value is -0.570. The zero-order valence-electron chi connectivity index (χ0n) is 8.52. The van der Waals surface area contributed by atoms with Gasteiger partial charge in [-0.05, 0) is 24.6 Å². The molecule has 0 fully saturated rings. The highest BCUT2D eigenvalue weighted by molar-refractivity contribution is 6.42. The number of halogens is 2. The normalized spacial score (nSPS) is 10.3. The molecule has 15 heavy (non-hydrogen) atoms. The quantitative estimate of drug-likeness (QED) is 0.809. The number of benzene rings is 1. The van der Waals surface area contributed by atoms with Gasteiger partial charge in [-0.25, -0.2) is 0 Å². The minimum Gasteiger partial charge on any atom is -0.312 e. The first-order chi connectivity index (χ1) is 7.09. The molecule has 1 aromatic carbocycles. The molecule has 0 aliphatic carbocycles. The SMILES string of the molecule is CC(=O)CCNCc1ccc(Cl)c(Cl)c1. The Morgan fingerprint density at radius 3 is 2.67 bits per heavy atom. The van der Waals surface area contributed by atoms with Crippen molar-refractivity contribution in [2.75, 3.05) is 6.54 Å². The molecule has 0 spiro atoms. The van der Waals surface area contributed by atoms with Gasteiger partial charge in [0.1, 0.15) is 5.78 Å². The lowest BCUT2D eigenvalue weighted by molar-refractivity contribution is -0.116. The lowest BCUT2D eigenvalue weighted by atomic mass is 10.2. The first kappa shape index (κ1) is 12.5. The number of rotatable bonds is 5. The van der Waals surface area contributed by atoms with E-state index in [9.17, 15) is 4.79 Å². The van der Waals surface area contributed by atoms with Gasteiger partial charge in [0.15, 0.2) is 0 Å². The van der Waals surface area contributed by atoms with Crippen LogP contribution in [-0.2, 0) is 11.3 Å². The first-order valence-corrected chi connectivity index (χ1v) is 5.49. The van der Waals surface area contributed by atoms with Crippen molar-refractivity contribution in [3.8, 4) is 0 Å². The topological polar surface area (TPSA) is 29.1 Å². The molecule has 0 heterocycles. The fraction of sp³-hybridized carbons (Fsp3) is 0.364. The molecule has 2 nitrogen and oxygen atoms in total. The summed E-state index contributed by atoms with van der Waals surface area (Å²) in [6.45, 7) is 2.97. The molecule has 0 bridgehead atoms. The predicted octanol–water partition coefficient (Wildman–Crippen LogP) is 3.06. The maximum atomic E-state index is 10.7. The van der Waals surface area contributed by atoms with E-state index in [-0.39, 0.29) is 5.78 Å². The molecule has 0 radical (unpaired) electrons. The second kappa shape index (κ2) is 6.11. The third-order valence-electron chi connectivity index (χ3n) is 1.97. The molecule has 0 saturated heterocycles. The Morgan fingerprint density at radius 2 is 2.07 bits per heavy atom. The molecule has 0 aliphatic rings. The molecule has 1 aromatic rings. The largest absolute Gasteiger partial charge is 0.312 e. The number of carbonyl (C=O) groups excluding carboxylic acids is 1. The lowest BCUT2D eigenvalue weighted by Crippen LogP contribution is -2.16. The Labute approximate surface area is 99.6 Å². The molecule has 0 atom stereocenters. The predicted molar refractivity (Wildman–Crippen MR) is 63.5 cm³/mol. The van der Waals surface area contributed by atoms with Crippen LogP contribution < -0.4 is 5.32 Å². The third-order valence-corrected chi connectivity index (χ3v) is 2.71. The Kier molecular flexibility index (Phi) is 5.09. The van der Waals surface area contributed by atoms with Gasteiger partial charge in [-0.1, -0.05) is 29.3 Å². The summed E-state index contributed by atoms with van der Waals surface area (Å²) in [4.78, 5) is 10.7. The number of ketones is 1. The van der Waals surface area contributed by atoms with Gasteiger partial charge < -0.3 is 5.32 Å². The molecule has 0 unspecified atom stereocenters. The maximum Gasteiger partial charge on any atom is 0.131 e. The molecule has 0 amide bonds. The van der Waals surface area contributed by atoms with Crippen LogP contribution in [0.5, 0.6) is 0 Å². The fourth-order valence-corrected chi connectivity index (χ4v) is 1.47. The summed E-state index contributed by atoms with van der Waals surface area (Å²) < 4.78 is 0. The Morgan fingerprint density at radius 1 is 1.33 bits per heavy atom. The molecule has 82 valence electrons. The molecule has 0 saturated carbocycles. The van der Waals surface area contributed by atoms with Gasteiger partial charge in [-0.2, -0.15) is 0 Å². The number of carbonyl (C=O) groups is 1. The van der Waals surface area contributed by atoms with Crippen LogP contribution in [0.2, 0.25) is 10.0 Å². The average molecular weight is 246 g/mol. The van der Waals surface area contributed by atoms with E-state index in [0.29, 0.717) is 29.6 Å². The van der Waals surface area contributed by atoms with Crippen LogP contribution in [0, 0.1) is 0 Å². The van der Waals surface area contributed by atoms with Crippen molar-refractivity contribution < 1.29 is 4.79 Å². The molecule has 0 aromatic heterocycles. The van der Waals surface area contributed by atoms with E-state index in [0.717, 1.165) is 5.56 Å². The van der Waals surface area contributed by atoms with Crippen molar-refractivity contribution in [2.45, 2.75) is 19.9 Å². The highest BCUT2D eigenvalue weighted by Gasteiger charge is 1.99. The average Bonchev–Trinajstić information content (AvgIpc) is 2.18. The van der Waals surface area contributed by atoms with E-state index in [1.54, 1.807) is 13.0 Å². The van der Waals surface area contributed by atoms with Crippen LogP contribution in [0.15, 0.2) is 18.2 Å². The number of hydrogen-bond acceptors (Lipinski definition) is 2. The van der Waals surface area contributed by atoms with Crippen molar-refractivity contribution in [2.24, 2.45) is 0 Å². The second-order valence-corrected chi connectivity index (χ2v) is 4.19. The van der Waals surface area contributed by atoms with Crippen LogP contribution in [0.1, 0.15) is 18.9 Å². The van der Waals surface area contributed by atoms with Crippen LogP contribution in [-0.4, -0.2) is 12.3 Å². The smallest absolute Gasteiger partial charge is 0.131 e. The van der Waals surface area contributed by atoms with Crippen molar-refractivity contribution in [3.05, 3.63) is 33.8 Å². The second-order valence-electron chi connectivity index (χ2n) is 3.38. The van der Waals surface area contributed by atoms with Crippen LogP contribution in [0.4, 0.5) is 0 Å². The number of hydrogen-bond donors (Lipinski definition) is 1. The number of nitrogens with one attached hydrogen (secondary N) is 1. The van der Waals surface area contributed by atoms with E-state index in [4.69, 9.17) is 23.2 Å². The summed E-state index contributed by atoms with van der Waals surface area (Å²) in [7, 11) is 0. The Balaban J connectivity index is 2.38. The van der Waals surface area contributed by atoms with Crippen molar-refractivity contribution >= 4 is 29.0 Å². The minimum atomic E-state index is 0.191. The van der Waals surface area contributed by atoms with E-state index in [1.807, 2.05) is 12.1 Å². The first-order valence-electron chi connectivity index (χ1n) is 4.73. The molecule has 4 heteroatoms. The molecular weight excluding hydrogens is 233 g/mol. The summed E-state index contributed by atoms with van der Waals surface area (Å²) in [5, 5.41) is 4.27. The zero-order chi connectivity index (χ0) is 11.3. The monoisotopic (exact) mass is 245 g/mol. The van der Waals surface area contributed by atoms with Gasteiger partial charge in [0, 0.05) is 19.5 Å². The van der Waals surface area contributed by atoms with Gasteiger partial charge in [-0.15, -0.1) is 0 Å². The maximum absolute atomic E-state index is 10.7. The molecule has 1 rings (SSSR count). The van der Waals surface area contributed by atoms with Crippen molar-refractivity contribution in [3.63, 3.8) is 0 Å². The molecular formula is C11H13Cl2NO. The van der Waals surface area contributed by atoms with E-state index in [2.05, 4.69) is 5.32 Å². The fourth-order valence-electron chi connectivity index (χ4n) is 1.15.